The second-order valence-corrected chi connectivity index (χ2v) is 12.1. The molecule has 39 heavy (non-hydrogen) atoms. The number of oxime groups is 1. The Hall–Kier alpha value is -3.11. The van der Waals surface area contributed by atoms with Crippen LogP contribution in [-0.4, -0.2) is 78.5 Å². The van der Waals surface area contributed by atoms with Crippen LogP contribution in [0.15, 0.2) is 10.5 Å². The maximum absolute atomic E-state index is 13.2. The fourth-order valence-electron chi connectivity index (χ4n) is 3.32. The van der Waals surface area contributed by atoms with E-state index < -0.39 is 69.9 Å². The molecule has 1 fully saturated rings. The van der Waals surface area contributed by atoms with E-state index in [-0.39, 0.29) is 29.8 Å². The van der Waals surface area contributed by atoms with Crippen LogP contribution in [0.5, 0.6) is 0 Å². The van der Waals surface area contributed by atoms with E-state index in [1.54, 1.807) is 13.8 Å². The molecular formula is C23H34N4O10S2. The summed E-state index contributed by atoms with van der Waals surface area (Å²) in [6.07, 6.45) is -0.431. The number of Topliss-reactive ketones (excluding diaryl/α,β-unsaturated/α-hetero) is 1. The summed E-state index contributed by atoms with van der Waals surface area (Å²) in [5.74, 6) is -3.95. The number of nitrogens with zero attached hydrogens (tertiary/aromatic N) is 3. The third-order valence-electron chi connectivity index (χ3n) is 5.69. The summed E-state index contributed by atoms with van der Waals surface area (Å²) in [6, 6.07) is -0.934. The number of carbonyl (C=O) groups is 4. The Morgan fingerprint density at radius 2 is 1.72 bits per heavy atom. The molecule has 0 saturated carbocycles. The number of nitrogens with two attached hydrogens (primary N) is 1. The monoisotopic (exact) mass is 590 g/mol. The SMILES string of the molecule is CCOC(=O)C(C)(C)COS(=O)(=O)N1C(=O)[C@@H](CC(=O)/C(=N\OC(C)(C)C(=O)OCC)c2csc(N)n2)[C@@H]1C. The lowest BCUT2D eigenvalue weighted by atomic mass is 9.86. The lowest BCUT2D eigenvalue weighted by molar-refractivity contribution is -0.167. The zero-order valence-electron chi connectivity index (χ0n) is 22.9. The van der Waals surface area contributed by atoms with Crippen LogP contribution in [0.4, 0.5) is 5.13 Å². The molecule has 16 heteroatoms. The lowest BCUT2D eigenvalue weighted by Crippen LogP contribution is -2.62. The largest absolute Gasteiger partial charge is 0.466 e. The van der Waals surface area contributed by atoms with Crippen LogP contribution in [0.3, 0.4) is 0 Å². The Morgan fingerprint density at radius 1 is 1.13 bits per heavy atom. The van der Waals surface area contributed by atoms with E-state index in [0.717, 1.165) is 11.3 Å². The molecule has 0 aliphatic carbocycles. The number of thiazole rings is 1. The minimum absolute atomic E-state index is 0.0654. The zero-order valence-corrected chi connectivity index (χ0v) is 24.5. The van der Waals surface area contributed by atoms with Crippen LogP contribution in [0.2, 0.25) is 0 Å². The normalized spacial score (nSPS) is 18.4. The predicted octanol–water partition coefficient (Wildman–Crippen LogP) is 1.44. The third kappa shape index (κ3) is 7.51. The van der Waals surface area contributed by atoms with Gasteiger partial charge in [-0.15, -0.1) is 11.3 Å². The fraction of sp³-hybridized carbons (Fsp3) is 0.652. The van der Waals surface area contributed by atoms with Gasteiger partial charge in [0.2, 0.25) is 11.5 Å². The number of esters is 2. The summed E-state index contributed by atoms with van der Waals surface area (Å²) >= 11 is 1.04. The van der Waals surface area contributed by atoms with Crippen molar-refractivity contribution in [1.29, 1.82) is 0 Å². The van der Waals surface area contributed by atoms with Crippen molar-refractivity contribution in [2.24, 2.45) is 16.5 Å². The van der Waals surface area contributed by atoms with Gasteiger partial charge in [0.05, 0.1) is 37.2 Å². The Morgan fingerprint density at radius 3 is 2.23 bits per heavy atom. The van der Waals surface area contributed by atoms with Crippen molar-refractivity contribution in [1.82, 2.24) is 9.29 Å². The molecule has 0 bridgehead atoms. The van der Waals surface area contributed by atoms with Crippen LogP contribution < -0.4 is 5.73 Å². The molecule has 1 aromatic heterocycles. The van der Waals surface area contributed by atoms with Gasteiger partial charge < -0.3 is 20.0 Å². The number of ether oxygens (including phenoxy) is 2. The van der Waals surface area contributed by atoms with Gasteiger partial charge in [0.1, 0.15) is 5.69 Å². The van der Waals surface area contributed by atoms with Gasteiger partial charge in [-0.2, -0.15) is 8.42 Å². The average Bonchev–Trinajstić information content (AvgIpc) is 3.27. The number of nitrogen functional groups attached to an aromatic ring is 1. The molecule has 1 saturated heterocycles. The summed E-state index contributed by atoms with van der Waals surface area (Å²) < 4.78 is 40.8. The molecule has 0 unspecified atom stereocenters. The summed E-state index contributed by atoms with van der Waals surface area (Å²) in [6.45, 7) is 10.0. The number of aromatic nitrogens is 1. The topological polar surface area (TPSA) is 194 Å². The smallest absolute Gasteiger partial charge is 0.364 e. The first-order chi connectivity index (χ1) is 18.0. The van der Waals surface area contributed by atoms with Crippen molar-refractivity contribution >= 4 is 56.1 Å². The van der Waals surface area contributed by atoms with Crippen molar-refractivity contribution in [2.75, 3.05) is 25.6 Å². The van der Waals surface area contributed by atoms with E-state index in [2.05, 4.69) is 10.1 Å². The third-order valence-corrected chi connectivity index (χ3v) is 7.77. The predicted molar refractivity (Wildman–Crippen MR) is 140 cm³/mol. The van der Waals surface area contributed by atoms with Gasteiger partial charge >= 0.3 is 22.2 Å². The van der Waals surface area contributed by atoms with Gasteiger partial charge in [0.15, 0.2) is 16.6 Å². The Balaban J connectivity index is 2.17. The Bertz CT molecular complexity index is 1240. The number of amides is 1. The van der Waals surface area contributed by atoms with E-state index in [1.807, 2.05) is 0 Å². The number of carbonyl (C=O) groups excluding carboxylic acids is 4. The first kappa shape index (κ1) is 32.1. The van der Waals surface area contributed by atoms with E-state index >= 15 is 0 Å². The first-order valence-corrected chi connectivity index (χ1v) is 14.3. The van der Waals surface area contributed by atoms with Crippen LogP contribution >= 0.6 is 11.3 Å². The highest BCUT2D eigenvalue weighted by Crippen LogP contribution is 2.34. The molecule has 2 atom stereocenters. The van der Waals surface area contributed by atoms with Gasteiger partial charge in [0, 0.05) is 11.8 Å². The van der Waals surface area contributed by atoms with E-state index in [9.17, 15) is 27.6 Å². The maximum atomic E-state index is 13.2. The molecule has 2 heterocycles. The van der Waals surface area contributed by atoms with E-state index in [4.69, 9.17) is 24.2 Å². The zero-order chi connectivity index (χ0) is 29.8. The molecule has 2 N–H and O–H groups in total. The number of hydrogen-bond acceptors (Lipinski definition) is 14. The van der Waals surface area contributed by atoms with Gasteiger partial charge in [0.25, 0.3) is 0 Å². The van der Waals surface area contributed by atoms with Crippen LogP contribution in [-0.2, 0) is 48.0 Å². The minimum Gasteiger partial charge on any atom is -0.466 e. The Kier molecular flexibility index (Phi) is 10.2. The number of hydrogen-bond donors (Lipinski definition) is 1. The molecule has 0 aromatic carbocycles. The van der Waals surface area contributed by atoms with Gasteiger partial charge in [-0.1, -0.05) is 5.16 Å². The molecule has 14 nitrogen and oxygen atoms in total. The molecule has 1 amide bonds. The van der Waals surface area contributed by atoms with Crippen molar-refractivity contribution in [3.05, 3.63) is 11.1 Å². The standard InChI is InChI=1S/C23H34N4O10S2/c1-8-34-19(30)22(4,5)12-36-39(32,33)27-13(3)14(18(27)29)10-16(28)17(15-11-38-21(24)25-15)26-37-23(6,7)20(31)35-9-2/h11,13-14H,8-10,12H2,1-7H3,(H2,24,25)/b26-17-/t13-,14-/m0/s1. The molecule has 2 rings (SSSR count). The lowest BCUT2D eigenvalue weighted by Gasteiger charge is -2.43. The maximum Gasteiger partial charge on any atom is 0.364 e. The van der Waals surface area contributed by atoms with Crippen LogP contribution in [0, 0.1) is 11.3 Å². The molecule has 1 aliphatic rings. The molecule has 0 spiro atoms. The van der Waals surface area contributed by atoms with Crippen molar-refractivity contribution in [3.63, 3.8) is 0 Å². The summed E-state index contributed by atoms with van der Waals surface area (Å²) in [5.41, 5.74) is 2.63. The first-order valence-electron chi connectivity index (χ1n) is 12.1. The molecule has 1 aliphatic heterocycles. The summed E-state index contributed by atoms with van der Waals surface area (Å²) in [7, 11) is -4.55. The van der Waals surface area contributed by atoms with Crippen molar-refractivity contribution < 1.29 is 46.1 Å². The number of anilines is 1. The average molecular weight is 591 g/mol. The highest BCUT2D eigenvalue weighted by atomic mass is 32.2. The van der Waals surface area contributed by atoms with Gasteiger partial charge in [-0.05, 0) is 48.5 Å². The molecule has 218 valence electrons. The minimum atomic E-state index is -4.55. The highest BCUT2D eigenvalue weighted by Gasteiger charge is 2.53. The quantitative estimate of drug-likeness (QED) is 0.142. The molecule has 1 aromatic rings. The molecule has 0 radical (unpaired) electrons. The van der Waals surface area contributed by atoms with Crippen molar-refractivity contribution in [2.45, 2.75) is 66.5 Å². The van der Waals surface area contributed by atoms with E-state index in [1.165, 1.54) is 40.0 Å². The molecular weight excluding hydrogens is 556 g/mol. The van der Waals surface area contributed by atoms with Gasteiger partial charge in [-0.3, -0.25) is 18.6 Å². The number of ketones is 1. The van der Waals surface area contributed by atoms with Crippen molar-refractivity contribution in [3.8, 4) is 0 Å². The second-order valence-electron chi connectivity index (χ2n) is 9.77. The summed E-state index contributed by atoms with van der Waals surface area (Å²) in [4.78, 5) is 59.5. The van der Waals surface area contributed by atoms with E-state index in [0.29, 0.717) is 4.31 Å². The van der Waals surface area contributed by atoms with Crippen LogP contribution in [0.25, 0.3) is 0 Å². The van der Waals surface area contributed by atoms with Gasteiger partial charge in [-0.25, -0.2) is 14.1 Å². The fourth-order valence-corrected chi connectivity index (χ4v) is 5.34. The van der Waals surface area contributed by atoms with Crippen LogP contribution in [0.1, 0.15) is 60.6 Å². The Labute approximate surface area is 231 Å². The number of β-lactam (4-membered cyclic amide) rings is 1. The highest BCUT2D eigenvalue weighted by molar-refractivity contribution is 7.85. The summed E-state index contributed by atoms with van der Waals surface area (Å²) in [5, 5.41) is 5.44. The number of rotatable bonds is 14. The second kappa shape index (κ2) is 12.4.